The van der Waals surface area contributed by atoms with Crippen LogP contribution in [0.5, 0.6) is 0 Å². The van der Waals surface area contributed by atoms with Crippen molar-refractivity contribution in [1.29, 1.82) is 0 Å². The summed E-state index contributed by atoms with van der Waals surface area (Å²) in [5.74, 6) is 0.515. The van der Waals surface area contributed by atoms with E-state index >= 15 is 0 Å². The van der Waals surface area contributed by atoms with Crippen molar-refractivity contribution in [2.75, 3.05) is 0 Å². The Hall–Kier alpha value is -3.12. The van der Waals surface area contributed by atoms with E-state index in [-0.39, 0.29) is 23.4 Å². The molecule has 0 atom stereocenters. The summed E-state index contributed by atoms with van der Waals surface area (Å²) < 4.78 is 8.29. The molecule has 0 bridgehead atoms. The highest BCUT2D eigenvalue weighted by Crippen LogP contribution is 2.40. The van der Waals surface area contributed by atoms with Crippen LogP contribution in [0.3, 0.4) is 0 Å². The Labute approximate surface area is 207 Å². The quantitative estimate of drug-likeness (QED) is 0.315. The van der Waals surface area contributed by atoms with E-state index in [0.29, 0.717) is 32.8 Å². The number of nitrogens with two attached hydrogens (primary N) is 1. The van der Waals surface area contributed by atoms with Gasteiger partial charge in [-0.2, -0.15) is 0 Å². The standard InChI is InChI=1S/C27H22ClN3O2.ClH/c1-31-15-30-22-23(31)20(28)14-19-24(32)21(25(33-26(19)22)17-6-3-2-4-7-17)16-8-10-18(11-9-16)27(29)12-5-13-27;/h2-4,6-11,14-15H,5,12-13,29H2,1H3;1H. The van der Waals surface area contributed by atoms with Gasteiger partial charge in [-0.05, 0) is 36.5 Å². The molecule has 1 aliphatic carbocycles. The maximum Gasteiger partial charge on any atom is 0.201 e. The number of halogens is 2. The van der Waals surface area contributed by atoms with E-state index < -0.39 is 0 Å². The molecule has 0 aliphatic heterocycles. The molecule has 1 aliphatic rings. The van der Waals surface area contributed by atoms with Crippen molar-refractivity contribution in [3.63, 3.8) is 0 Å². The number of imidazole rings is 1. The van der Waals surface area contributed by atoms with Crippen LogP contribution in [0.2, 0.25) is 5.02 Å². The minimum absolute atomic E-state index is 0. The molecular formula is C27H23Cl2N3O2. The van der Waals surface area contributed by atoms with Crippen LogP contribution >= 0.6 is 24.0 Å². The summed E-state index contributed by atoms with van der Waals surface area (Å²) in [7, 11) is 1.87. The topological polar surface area (TPSA) is 74.1 Å². The normalized spacial score (nSPS) is 14.7. The van der Waals surface area contributed by atoms with Crippen molar-refractivity contribution >= 4 is 46.0 Å². The van der Waals surface area contributed by atoms with Crippen molar-refractivity contribution < 1.29 is 4.42 Å². The number of fused-ring (bicyclic) bond motifs is 3. The fourth-order valence-electron chi connectivity index (χ4n) is 4.80. The maximum atomic E-state index is 13.9. The summed E-state index contributed by atoms with van der Waals surface area (Å²) in [6.45, 7) is 0. The van der Waals surface area contributed by atoms with E-state index in [1.807, 2.05) is 66.2 Å². The zero-order valence-corrected chi connectivity index (χ0v) is 20.1. The molecule has 2 heterocycles. The van der Waals surface area contributed by atoms with Crippen LogP contribution in [0.25, 0.3) is 44.5 Å². The fourth-order valence-corrected chi connectivity index (χ4v) is 5.13. The van der Waals surface area contributed by atoms with E-state index in [9.17, 15) is 4.79 Å². The van der Waals surface area contributed by atoms with Gasteiger partial charge >= 0.3 is 0 Å². The Bertz CT molecular complexity index is 1580. The molecule has 1 fully saturated rings. The summed E-state index contributed by atoms with van der Waals surface area (Å²) in [5, 5.41) is 0.882. The van der Waals surface area contributed by atoms with E-state index in [4.69, 9.17) is 21.8 Å². The van der Waals surface area contributed by atoms with Gasteiger partial charge in [-0.15, -0.1) is 12.4 Å². The van der Waals surface area contributed by atoms with Crippen molar-refractivity contribution in [1.82, 2.24) is 9.55 Å². The number of hydrogen-bond donors (Lipinski definition) is 1. The summed E-state index contributed by atoms with van der Waals surface area (Å²) >= 11 is 6.55. The number of aryl methyl sites for hydroxylation is 1. The molecule has 2 aromatic heterocycles. The number of hydrogen-bond acceptors (Lipinski definition) is 4. The van der Waals surface area contributed by atoms with Crippen LogP contribution in [-0.4, -0.2) is 9.55 Å². The Kier molecular flexibility index (Phi) is 5.52. The van der Waals surface area contributed by atoms with E-state index in [2.05, 4.69) is 4.98 Å². The van der Waals surface area contributed by atoms with Gasteiger partial charge in [-0.1, -0.05) is 66.2 Å². The highest BCUT2D eigenvalue weighted by Gasteiger charge is 2.34. The third-order valence-corrected chi connectivity index (χ3v) is 7.12. The molecule has 2 N–H and O–H groups in total. The third-order valence-electron chi connectivity index (χ3n) is 6.83. The SMILES string of the molecule is Cl.Cn1cnc2c3oc(-c4ccccc4)c(-c4ccc(C5(N)CCC5)cc4)c(=O)c3cc(Cl)c21. The van der Waals surface area contributed by atoms with E-state index in [1.54, 1.807) is 12.4 Å². The predicted molar refractivity (Wildman–Crippen MR) is 140 cm³/mol. The lowest BCUT2D eigenvalue weighted by Gasteiger charge is -2.38. The van der Waals surface area contributed by atoms with Crippen LogP contribution in [0.1, 0.15) is 24.8 Å². The first-order chi connectivity index (χ1) is 16.0. The largest absolute Gasteiger partial charge is 0.453 e. The zero-order chi connectivity index (χ0) is 22.7. The molecular weight excluding hydrogens is 469 g/mol. The Morgan fingerprint density at radius 3 is 2.41 bits per heavy atom. The first kappa shape index (κ1) is 22.7. The second-order valence-electron chi connectivity index (χ2n) is 8.88. The van der Waals surface area contributed by atoms with Gasteiger partial charge in [0.15, 0.2) is 5.58 Å². The van der Waals surface area contributed by atoms with Crippen molar-refractivity contribution in [3.05, 3.63) is 87.8 Å². The molecule has 5 nitrogen and oxygen atoms in total. The molecule has 0 radical (unpaired) electrons. The van der Waals surface area contributed by atoms with Gasteiger partial charge in [0.25, 0.3) is 0 Å². The lowest BCUT2D eigenvalue weighted by molar-refractivity contribution is 0.253. The summed E-state index contributed by atoms with van der Waals surface area (Å²) in [5.41, 5.74) is 11.1. The maximum absolute atomic E-state index is 13.9. The van der Waals surface area contributed by atoms with Crippen LogP contribution in [0.4, 0.5) is 0 Å². The average molecular weight is 492 g/mol. The predicted octanol–water partition coefficient (Wildman–Crippen LogP) is 6.43. The molecule has 34 heavy (non-hydrogen) atoms. The van der Waals surface area contributed by atoms with Crippen molar-refractivity contribution in [3.8, 4) is 22.5 Å². The second-order valence-corrected chi connectivity index (χ2v) is 9.28. The van der Waals surface area contributed by atoms with Crippen LogP contribution in [0.15, 0.2) is 76.2 Å². The summed E-state index contributed by atoms with van der Waals surface area (Å²) in [4.78, 5) is 18.4. The monoisotopic (exact) mass is 491 g/mol. The molecule has 0 unspecified atom stereocenters. The highest BCUT2D eigenvalue weighted by atomic mass is 35.5. The molecule has 6 rings (SSSR count). The van der Waals surface area contributed by atoms with Crippen LogP contribution in [-0.2, 0) is 12.6 Å². The molecule has 0 saturated heterocycles. The van der Waals surface area contributed by atoms with Crippen molar-refractivity contribution in [2.24, 2.45) is 12.8 Å². The number of nitrogens with zero attached hydrogens (tertiary/aromatic N) is 2. The van der Waals surface area contributed by atoms with Gasteiger partial charge < -0.3 is 14.7 Å². The lowest BCUT2D eigenvalue weighted by atomic mass is 9.72. The first-order valence-corrected chi connectivity index (χ1v) is 11.4. The first-order valence-electron chi connectivity index (χ1n) is 11.0. The average Bonchev–Trinajstić information content (AvgIpc) is 3.21. The molecule has 172 valence electrons. The van der Waals surface area contributed by atoms with Gasteiger partial charge in [0, 0.05) is 18.2 Å². The molecule has 0 spiro atoms. The number of benzene rings is 3. The Balaban J connectivity index is 0.00000241. The Morgan fingerprint density at radius 2 is 1.76 bits per heavy atom. The van der Waals surface area contributed by atoms with Gasteiger partial charge in [-0.25, -0.2) is 4.98 Å². The van der Waals surface area contributed by atoms with Crippen molar-refractivity contribution in [2.45, 2.75) is 24.8 Å². The smallest absolute Gasteiger partial charge is 0.201 e. The van der Waals surface area contributed by atoms with Gasteiger partial charge in [0.1, 0.15) is 11.3 Å². The Morgan fingerprint density at radius 1 is 1.06 bits per heavy atom. The molecule has 5 aromatic rings. The number of rotatable bonds is 3. The molecule has 3 aromatic carbocycles. The van der Waals surface area contributed by atoms with Gasteiger partial charge in [-0.3, -0.25) is 4.79 Å². The number of aromatic nitrogens is 2. The molecule has 0 amide bonds. The third kappa shape index (κ3) is 3.35. The molecule has 1 saturated carbocycles. The summed E-state index contributed by atoms with van der Waals surface area (Å²) in [6.07, 6.45) is 4.79. The van der Waals surface area contributed by atoms with E-state index in [1.165, 1.54) is 0 Å². The van der Waals surface area contributed by atoms with E-state index in [0.717, 1.165) is 41.5 Å². The minimum atomic E-state index is -0.257. The zero-order valence-electron chi connectivity index (χ0n) is 18.5. The second kappa shape index (κ2) is 8.27. The van der Waals surface area contributed by atoms with Gasteiger partial charge in [0.2, 0.25) is 5.43 Å². The fraction of sp³-hybridized carbons (Fsp3) is 0.185. The molecule has 7 heteroatoms. The van der Waals surface area contributed by atoms with Crippen LogP contribution < -0.4 is 11.2 Å². The highest BCUT2D eigenvalue weighted by molar-refractivity contribution is 6.36. The van der Waals surface area contributed by atoms with Gasteiger partial charge in [0.05, 0.1) is 27.8 Å². The lowest BCUT2D eigenvalue weighted by Crippen LogP contribution is -2.43. The minimum Gasteiger partial charge on any atom is -0.453 e. The van der Waals surface area contributed by atoms with Crippen LogP contribution in [0, 0.1) is 0 Å². The summed E-state index contributed by atoms with van der Waals surface area (Å²) in [6, 6.07) is 19.4.